The number of rotatable bonds is 4. The lowest BCUT2D eigenvalue weighted by molar-refractivity contribution is 0.354. The summed E-state index contributed by atoms with van der Waals surface area (Å²) in [6.07, 6.45) is 4.64. The summed E-state index contributed by atoms with van der Waals surface area (Å²) >= 11 is 0. The summed E-state index contributed by atoms with van der Waals surface area (Å²) in [7, 11) is 3.26. The molecule has 108 valence electrons. The van der Waals surface area contributed by atoms with Crippen molar-refractivity contribution in [1.29, 1.82) is 0 Å². The van der Waals surface area contributed by atoms with E-state index in [1.807, 2.05) is 47.1 Å². The van der Waals surface area contributed by atoms with Gasteiger partial charge in [-0.15, -0.1) is 0 Å². The fourth-order valence-electron chi connectivity index (χ4n) is 2.37. The molecule has 0 saturated heterocycles. The highest BCUT2D eigenvalue weighted by molar-refractivity contribution is 5.64. The van der Waals surface area contributed by atoms with Gasteiger partial charge in [-0.2, -0.15) is 0 Å². The minimum absolute atomic E-state index is 0.677. The van der Waals surface area contributed by atoms with Crippen molar-refractivity contribution in [2.24, 2.45) is 0 Å². The van der Waals surface area contributed by atoms with E-state index in [0.717, 1.165) is 28.4 Å². The third-order valence-corrected chi connectivity index (χ3v) is 3.40. The maximum atomic E-state index is 5.93. The second kappa shape index (κ2) is 5.36. The lowest BCUT2D eigenvalue weighted by Crippen LogP contribution is -1.94. The van der Waals surface area contributed by atoms with Crippen LogP contribution in [-0.2, 0) is 6.42 Å². The molecule has 0 spiro atoms. The Morgan fingerprint density at radius 2 is 1.95 bits per heavy atom. The molecule has 2 aromatic heterocycles. The Hall–Kier alpha value is -2.69. The number of benzene rings is 1. The van der Waals surface area contributed by atoms with Crippen molar-refractivity contribution in [1.82, 2.24) is 9.38 Å². The summed E-state index contributed by atoms with van der Waals surface area (Å²) in [6, 6.07) is 9.63. The highest BCUT2D eigenvalue weighted by Crippen LogP contribution is 2.28. The molecule has 3 aromatic rings. The molecule has 2 N–H and O–H groups in total. The summed E-state index contributed by atoms with van der Waals surface area (Å²) in [6.45, 7) is 0. The largest absolute Gasteiger partial charge is 0.493 e. The van der Waals surface area contributed by atoms with Gasteiger partial charge in [0.1, 0.15) is 0 Å². The van der Waals surface area contributed by atoms with E-state index >= 15 is 0 Å². The molecule has 0 atom stereocenters. The number of ether oxygens (including phenoxy) is 2. The molecule has 0 fully saturated rings. The van der Waals surface area contributed by atoms with E-state index in [-0.39, 0.29) is 0 Å². The predicted molar refractivity (Wildman–Crippen MR) is 82.0 cm³/mol. The van der Waals surface area contributed by atoms with Crippen molar-refractivity contribution < 1.29 is 9.47 Å². The van der Waals surface area contributed by atoms with Gasteiger partial charge in [-0.3, -0.25) is 0 Å². The zero-order valence-corrected chi connectivity index (χ0v) is 12.0. The first-order chi connectivity index (χ1) is 10.2. The van der Waals surface area contributed by atoms with Crippen molar-refractivity contribution in [3.8, 4) is 11.5 Å². The second-order valence-corrected chi connectivity index (χ2v) is 4.79. The zero-order valence-electron chi connectivity index (χ0n) is 12.0. The van der Waals surface area contributed by atoms with Gasteiger partial charge in [0.05, 0.1) is 25.6 Å². The van der Waals surface area contributed by atoms with Crippen molar-refractivity contribution >= 4 is 11.3 Å². The first kappa shape index (κ1) is 13.3. The monoisotopic (exact) mass is 283 g/mol. The summed E-state index contributed by atoms with van der Waals surface area (Å²) in [5, 5.41) is 0. The van der Waals surface area contributed by atoms with Crippen LogP contribution in [-0.4, -0.2) is 23.6 Å². The molecule has 0 bridgehead atoms. The van der Waals surface area contributed by atoms with E-state index in [0.29, 0.717) is 12.1 Å². The van der Waals surface area contributed by atoms with Gasteiger partial charge in [-0.05, 0) is 29.8 Å². The lowest BCUT2D eigenvalue weighted by Gasteiger charge is -2.08. The molecule has 0 radical (unpaired) electrons. The predicted octanol–water partition coefficient (Wildman–Crippen LogP) is 2.52. The molecule has 0 aliphatic heterocycles. The molecule has 2 heterocycles. The molecule has 21 heavy (non-hydrogen) atoms. The number of nitrogens with two attached hydrogens (primary N) is 1. The Morgan fingerprint density at radius 3 is 2.67 bits per heavy atom. The fourth-order valence-corrected chi connectivity index (χ4v) is 2.37. The third-order valence-electron chi connectivity index (χ3n) is 3.40. The number of hydrogen-bond acceptors (Lipinski definition) is 4. The van der Waals surface area contributed by atoms with E-state index < -0.39 is 0 Å². The third kappa shape index (κ3) is 2.50. The van der Waals surface area contributed by atoms with Crippen LogP contribution in [0.15, 0.2) is 42.7 Å². The van der Waals surface area contributed by atoms with Crippen LogP contribution in [0.3, 0.4) is 0 Å². The zero-order chi connectivity index (χ0) is 14.8. The highest BCUT2D eigenvalue weighted by Gasteiger charge is 2.08. The number of aromatic nitrogens is 2. The number of nitrogen functional groups attached to an aromatic ring is 1. The van der Waals surface area contributed by atoms with Crippen LogP contribution in [0.1, 0.15) is 11.3 Å². The highest BCUT2D eigenvalue weighted by atomic mass is 16.5. The van der Waals surface area contributed by atoms with E-state index in [9.17, 15) is 0 Å². The van der Waals surface area contributed by atoms with Crippen molar-refractivity contribution in [3.05, 3.63) is 54.0 Å². The van der Waals surface area contributed by atoms with Crippen LogP contribution < -0.4 is 15.2 Å². The molecular weight excluding hydrogens is 266 g/mol. The van der Waals surface area contributed by atoms with Gasteiger partial charge in [0.2, 0.25) is 0 Å². The molecule has 0 aliphatic rings. The molecule has 0 saturated carbocycles. The van der Waals surface area contributed by atoms with Crippen molar-refractivity contribution in [3.63, 3.8) is 0 Å². The minimum atomic E-state index is 0.677. The summed E-state index contributed by atoms with van der Waals surface area (Å²) in [5.41, 5.74) is 9.45. The van der Waals surface area contributed by atoms with Gasteiger partial charge in [-0.1, -0.05) is 6.07 Å². The summed E-state index contributed by atoms with van der Waals surface area (Å²) in [5.74, 6) is 1.44. The lowest BCUT2D eigenvalue weighted by atomic mass is 10.1. The number of hydrogen-bond donors (Lipinski definition) is 1. The molecule has 3 rings (SSSR count). The number of methoxy groups -OCH3 is 2. The van der Waals surface area contributed by atoms with Gasteiger partial charge >= 0.3 is 0 Å². The first-order valence-corrected chi connectivity index (χ1v) is 6.64. The number of fused-ring (bicyclic) bond motifs is 1. The Balaban J connectivity index is 1.93. The van der Waals surface area contributed by atoms with Crippen molar-refractivity contribution in [2.75, 3.05) is 20.0 Å². The average Bonchev–Trinajstić information content (AvgIpc) is 2.91. The van der Waals surface area contributed by atoms with Gasteiger partial charge in [0.25, 0.3) is 0 Å². The van der Waals surface area contributed by atoms with Crippen LogP contribution in [0.4, 0.5) is 5.69 Å². The molecule has 5 heteroatoms. The molecule has 0 amide bonds. The minimum Gasteiger partial charge on any atom is -0.493 e. The average molecular weight is 283 g/mol. The number of nitrogens with zero attached hydrogens (tertiary/aromatic N) is 2. The maximum Gasteiger partial charge on any atom is 0.160 e. The number of imidazole rings is 1. The van der Waals surface area contributed by atoms with Gasteiger partial charge in [0, 0.05) is 18.8 Å². The molecule has 1 aromatic carbocycles. The summed E-state index contributed by atoms with van der Waals surface area (Å²) < 4.78 is 12.5. The Labute approximate surface area is 122 Å². The first-order valence-electron chi connectivity index (χ1n) is 6.64. The van der Waals surface area contributed by atoms with Crippen LogP contribution in [0.25, 0.3) is 5.65 Å². The maximum absolute atomic E-state index is 5.93. The molecule has 5 nitrogen and oxygen atoms in total. The molecule has 0 unspecified atom stereocenters. The normalized spacial score (nSPS) is 10.8. The smallest absolute Gasteiger partial charge is 0.160 e. The van der Waals surface area contributed by atoms with Crippen LogP contribution in [0, 0.1) is 0 Å². The summed E-state index contributed by atoms with van der Waals surface area (Å²) in [4.78, 5) is 4.57. The van der Waals surface area contributed by atoms with E-state index in [4.69, 9.17) is 15.2 Å². The van der Waals surface area contributed by atoms with Crippen LogP contribution in [0.2, 0.25) is 0 Å². The van der Waals surface area contributed by atoms with Crippen LogP contribution in [0.5, 0.6) is 11.5 Å². The van der Waals surface area contributed by atoms with E-state index in [1.165, 1.54) is 0 Å². The van der Waals surface area contributed by atoms with Gasteiger partial charge in [-0.25, -0.2) is 4.98 Å². The van der Waals surface area contributed by atoms with E-state index in [2.05, 4.69) is 4.98 Å². The topological polar surface area (TPSA) is 61.8 Å². The number of pyridine rings is 1. The second-order valence-electron chi connectivity index (χ2n) is 4.79. The molecular formula is C16H17N3O2. The molecule has 0 aliphatic carbocycles. The van der Waals surface area contributed by atoms with Crippen molar-refractivity contribution in [2.45, 2.75) is 6.42 Å². The van der Waals surface area contributed by atoms with Gasteiger partial charge in [0.15, 0.2) is 17.1 Å². The van der Waals surface area contributed by atoms with Gasteiger partial charge < -0.3 is 19.6 Å². The Kier molecular flexibility index (Phi) is 3.39. The Morgan fingerprint density at radius 1 is 1.14 bits per heavy atom. The standard InChI is InChI=1S/C16H17N3O2/c1-20-14-6-5-11(9-15(14)21-2)8-12-10-19-7-3-4-13(17)16(19)18-12/h3-7,9-10H,8,17H2,1-2H3. The fraction of sp³-hybridized carbons (Fsp3) is 0.188. The van der Waals surface area contributed by atoms with Crippen LogP contribution >= 0.6 is 0 Å². The Bertz CT molecular complexity index is 780. The van der Waals surface area contributed by atoms with E-state index in [1.54, 1.807) is 14.2 Å². The number of anilines is 1. The SMILES string of the molecule is COc1ccc(Cc2cn3cccc(N)c3n2)cc1OC. The quantitative estimate of drug-likeness (QED) is 0.799.